The fourth-order valence-corrected chi connectivity index (χ4v) is 2.84. The number of para-hydroxylation sites is 1. The van der Waals surface area contributed by atoms with Crippen LogP contribution in [0.1, 0.15) is 25.5 Å². The molecule has 0 amide bonds. The maximum atomic E-state index is 10.9. The van der Waals surface area contributed by atoms with Crippen LogP contribution in [0.5, 0.6) is 5.75 Å². The Bertz CT molecular complexity index is 549. The lowest BCUT2D eigenvalue weighted by molar-refractivity contribution is -0.0639. The van der Waals surface area contributed by atoms with Gasteiger partial charge in [-0.05, 0) is 19.9 Å². The standard InChI is InChI=1S/C14H16N2O2/c1-10-13(16-8-7-15-9-16)14(2,17)11-5-3-4-6-12(11)18-10/h3-10,13,17H,1-2H3. The van der Waals surface area contributed by atoms with Crippen molar-refractivity contribution in [1.82, 2.24) is 9.55 Å². The Morgan fingerprint density at radius 1 is 1.39 bits per heavy atom. The van der Waals surface area contributed by atoms with Gasteiger partial charge in [0.2, 0.25) is 0 Å². The maximum absolute atomic E-state index is 10.9. The third-order valence-corrected chi connectivity index (χ3v) is 3.61. The average molecular weight is 244 g/mol. The molecule has 1 aliphatic heterocycles. The number of imidazole rings is 1. The summed E-state index contributed by atoms with van der Waals surface area (Å²) in [7, 11) is 0. The lowest BCUT2D eigenvalue weighted by atomic mass is 9.82. The van der Waals surface area contributed by atoms with Crippen molar-refractivity contribution in [2.45, 2.75) is 31.6 Å². The topological polar surface area (TPSA) is 47.3 Å². The molecule has 2 aromatic rings. The van der Waals surface area contributed by atoms with E-state index in [1.54, 1.807) is 12.5 Å². The van der Waals surface area contributed by atoms with Gasteiger partial charge in [0.05, 0.1) is 6.33 Å². The van der Waals surface area contributed by atoms with Crippen molar-refractivity contribution in [2.24, 2.45) is 0 Å². The molecule has 0 radical (unpaired) electrons. The minimum Gasteiger partial charge on any atom is -0.488 e. The molecule has 3 rings (SSSR count). The monoisotopic (exact) mass is 244 g/mol. The van der Waals surface area contributed by atoms with Crippen LogP contribution in [-0.4, -0.2) is 20.8 Å². The van der Waals surface area contributed by atoms with Crippen molar-refractivity contribution in [3.8, 4) is 5.75 Å². The van der Waals surface area contributed by atoms with E-state index < -0.39 is 5.60 Å². The van der Waals surface area contributed by atoms with Gasteiger partial charge in [0.25, 0.3) is 0 Å². The Hall–Kier alpha value is -1.81. The third kappa shape index (κ3) is 1.53. The van der Waals surface area contributed by atoms with Gasteiger partial charge in [-0.25, -0.2) is 4.98 Å². The SMILES string of the molecule is CC1Oc2ccccc2C(C)(O)C1n1ccnc1. The summed E-state index contributed by atoms with van der Waals surface area (Å²) in [5.74, 6) is 0.756. The number of fused-ring (bicyclic) bond motifs is 1. The number of aliphatic hydroxyl groups is 1. The van der Waals surface area contributed by atoms with E-state index in [0.29, 0.717) is 0 Å². The zero-order valence-electron chi connectivity index (χ0n) is 10.4. The van der Waals surface area contributed by atoms with E-state index in [4.69, 9.17) is 4.74 Å². The van der Waals surface area contributed by atoms with Crippen LogP contribution in [0.2, 0.25) is 0 Å². The van der Waals surface area contributed by atoms with Gasteiger partial charge in [0.15, 0.2) is 0 Å². The van der Waals surface area contributed by atoms with E-state index >= 15 is 0 Å². The molecule has 0 aliphatic carbocycles. The minimum absolute atomic E-state index is 0.121. The lowest BCUT2D eigenvalue weighted by Crippen LogP contribution is -2.46. The molecule has 18 heavy (non-hydrogen) atoms. The normalized spacial score (nSPS) is 30.6. The highest BCUT2D eigenvalue weighted by Gasteiger charge is 2.45. The van der Waals surface area contributed by atoms with Crippen LogP contribution in [0.15, 0.2) is 43.0 Å². The third-order valence-electron chi connectivity index (χ3n) is 3.61. The van der Waals surface area contributed by atoms with E-state index in [2.05, 4.69) is 4.98 Å². The van der Waals surface area contributed by atoms with Crippen molar-refractivity contribution in [3.05, 3.63) is 48.5 Å². The van der Waals surface area contributed by atoms with Crippen LogP contribution < -0.4 is 4.74 Å². The van der Waals surface area contributed by atoms with Gasteiger partial charge in [-0.15, -0.1) is 0 Å². The first-order chi connectivity index (χ1) is 8.60. The Labute approximate surface area is 106 Å². The zero-order valence-corrected chi connectivity index (χ0v) is 10.4. The summed E-state index contributed by atoms with van der Waals surface area (Å²) in [6.07, 6.45) is 5.16. The molecule has 1 aliphatic rings. The molecular weight excluding hydrogens is 228 g/mol. The van der Waals surface area contributed by atoms with Crippen LogP contribution in [0, 0.1) is 0 Å². The summed E-state index contributed by atoms with van der Waals surface area (Å²) < 4.78 is 7.80. The smallest absolute Gasteiger partial charge is 0.125 e. The summed E-state index contributed by atoms with van der Waals surface area (Å²) >= 11 is 0. The van der Waals surface area contributed by atoms with E-state index in [0.717, 1.165) is 11.3 Å². The van der Waals surface area contributed by atoms with E-state index in [1.807, 2.05) is 48.9 Å². The Balaban J connectivity index is 2.13. The zero-order chi connectivity index (χ0) is 12.8. The van der Waals surface area contributed by atoms with Crippen molar-refractivity contribution < 1.29 is 9.84 Å². The van der Waals surface area contributed by atoms with Crippen LogP contribution in [0.25, 0.3) is 0 Å². The lowest BCUT2D eigenvalue weighted by Gasteiger charge is -2.43. The fraction of sp³-hybridized carbons (Fsp3) is 0.357. The number of hydrogen-bond acceptors (Lipinski definition) is 3. The summed E-state index contributed by atoms with van der Waals surface area (Å²) in [5.41, 5.74) is -0.156. The average Bonchev–Trinajstić information content (AvgIpc) is 2.82. The molecule has 0 fully saturated rings. The van der Waals surface area contributed by atoms with Gasteiger partial charge in [-0.1, -0.05) is 18.2 Å². The van der Waals surface area contributed by atoms with E-state index in [-0.39, 0.29) is 12.1 Å². The highest BCUT2D eigenvalue weighted by atomic mass is 16.5. The second-order valence-electron chi connectivity index (χ2n) is 4.92. The number of benzene rings is 1. The molecule has 3 atom stereocenters. The molecule has 4 nitrogen and oxygen atoms in total. The molecule has 1 N–H and O–H groups in total. The van der Waals surface area contributed by atoms with E-state index in [9.17, 15) is 5.11 Å². The maximum Gasteiger partial charge on any atom is 0.125 e. The minimum atomic E-state index is -0.977. The molecule has 1 aromatic heterocycles. The number of rotatable bonds is 1. The highest BCUT2D eigenvalue weighted by molar-refractivity contribution is 5.41. The van der Waals surface area contributed by atoms with Crippen LogP contribution >= 0.6 is 0 Å². The highest BCUT2D eigenvalue weighted by Crippen LogP contribution is 2.45. The molecule has 0 spiro atoms. The molecule has 4 heteroatoms. The summed E-state index contributed by atoms with van der Waals surface area (Å²) in [4.78, 5) is 4.05. The van der Waals surface area contributed by atoms with Gasteiger partial charge < -0.3 is 14.4 Å². The predicted octanol–water partition coefficient (Wildman–Crippen LogP) is 2.11. The van der Waals surface area contributed by atoms with Crippen molar-refractivity contribution >= 4 is 0 Å². The van der Waals surface area contributed by atoms with Gasteiger partial charge in [0, 0.05) is 18.0 Å². The van der Waals surface area contributed by atoms with Gasteiger partial charge in [0.1, 0.15) is 23.5 Å². The van der Waals surface area contributed by atoms with Crippen molar-refractivity contribution in [1.29, 1.82) is 0 Å². The molecule has 0 bridgehead atoms. The first-order valence-corrected chi connectivity index (χ1v) is 6.06. The number of ether oxygens (including phenoxy) is 1. The first-order valence-electron chi connectivity index (χ1n) is 6.06. The summed E-state index contributed by atoms with van der Waals surface area (Å²) in [6, 6.07) is 7.45. The molecule has 1 aromatic carbocycles. The second kappa shape index (κ2) is 3.85. The predicted molar refractivity (Wildman–Crippen MR) is 67.4 cm³/mol. The van der Waals surface area contributed by atoms with Gasteiger partial charge >= 0.3 is 0 Å². The van der Waals surface area contributed by atoms with Gasteiger partial charge in [-0.3, -0.25) is 0 Å². The Morgan fingerprint density at radius 2 is 2.17 bits per heavy atom. The Morgan fingerprint density at radius 3 is 2.89 bits per heavy atom. The number of nitrogens with zero attached hydrogens (tertiary/aromatic N) is 2. The Kier molecular flexibility index (Phi) is 2.41. The molecule has 94 valence electrons. The molecule has 0 saturated heterocycles. The van der Waals surface area contributed by atoms with E-state index in [1.165, 1.54) is 0 Å². The van der Waals surface area contributed by atoms with Crippen molar-refractivity contribution in [2.75, 3.05) is 0 Å². The quantitative estimate of drug-likeness (QED) is 0.835. The van der Waals surface area contributed by atoms with Crippen molar-refractivity contribution in [3.63, 3.8) is 0 Å². The summed E-state index contributed by atoms with van der Waals surface area (Å²) in [6.45, 7) is 3.80. The van der Waals surface area contributed by atoms with Crippen LogP contribution in [0.4, 0.5) is 0 Å². The molecule has 2 heterocycles. The largest absolute Gasteiger partial charge is 0.488 e. The molecule has 3 unspecified atom stereocenters. The fourth-order valence-electron chi connectivity index (χ4n) is 2.84. The second-order valence-corrected chi connectivity index (χ2v) is 4.92. The molecular formula is C14H16N2O2. The molecule has 0 saturated carbocycles. The van der Waals surface area contributed by atoms with Gasteiger partial charge in [-0.2, -0.15) is 0 Å². The summed E-state index contributed by atoms with van der Waals surface area (Å²) in [5, 5.41) is 10.9. The van der Waals surface area contributed by atoms with Crippen LogP contribution in [-0.2, 0) is 5.60 Å². The van der Waals surface area contributed by atoms with Crippen LogP contribution in [0.3, 0.4) is 0 Å². The first kappa shape index (κ1) is 11.3. The number of aromatic nitrogens is 2. The number of hydrogen-bond donors (Lipinski definition) is 1.